The van der Waals surface area contributed by atoms with E-state index >= 15 is 0 Å². The van der Waals surface area contributed by atoms with Gasteiger partial charge in [-0.2, -0.15) is 16.8 Å². The van der Waals surface area contributed by atoms with Crippen LogP contribution in [-0.4, -0.2) is 60.3 Å². The highest BCUT2D eigenvalue weighted by molar-refractivity contribution is 7.87. The van der Waals surface area contributed by atoms with E-state index in [1.807, 2.05) is 0 Å². The first-order chi connectivity index (χ1) is 11.4. The minimum absolute atomic E-state index is 0.0426. The van der Waals surface area contributed by atoms with Crippen molar-refractivity contribution in [2.75, 3.05) is 0 Å². The largest absolute Gasteiger partial charge is 0.348 e. The summed E-state index contributed by atoms with van der Waals surface area (Å²) in [5.74, 6) is -3.56. The molecule has 2 saturated carbocycles. The Morgan fingerprint density at radius 2 is 1.16 bits per heavy atom. The first-order valence-corrected chi connectivity index (χ1v) is 10.2. The van der Waals surface area contributed by atoms with Crippen molar-refractivity contribution < 1.29 is 35.5 Å². The van der Waals surface area contributed by atoms with Crippen LogP contribution in [0.3, 0.4) is 0 Å². The van der Waals surface area contributed by atoms with Gasteiger partial charge >= 0.3 is 0 Å². The summed E-state index contributed by atoms with van der Waals surface area (Å²) in [5.41, 5.74) is 0. The molecule has 0 aromatic rings. The molecule has 0 aromatic heterocycles. The van der Waals surface area contributed by atoms with Crippen molar-refractivity contribution in [3.8, 4) is 0 Å². The molecule has 140 valence electrons. The lowest BCUT2D eigenvalue weighted by Crippen LogP contribution is -2.62. The molecule has 0 spiro atoms. The van der Waals surface area contributed by atoms with Crippen LogP contribution >= 0.6 is 0 Å². The van der Waals surface area contributed by atoms with Crippen LogP contribution in [-0.2, 0) is 29.8 Å². The highest BCUT2D eigenvalue weighted by Crippen LogP contribution is 2.50. The number of hydrogen-bond acceptors (Lipinski definition) is 6. The molecule has 2 aliphatic rings. The van der Waals surface area contributed by atoms with Gasteiger partial charge in [-0.3, -0.25) is 18.7 Å². The summed E-state index contributed by atoms with van der Waals surface area (Å²) < 4.78 is 66.3. The van der Waals surface area contributed by atoms with Gasteiger partial charge in [0.25, 0.3) is 20.2 Å². The summed E-state index contributed by atoms with van der Waals surface area (Å²) in [5, 5.41) is 1.54. The molecule has 0 aliphatic heterocycles. The van der Waals surface area contributed by atoms with Crippen molar-refractivity contribution in [1.29, 1.82) is 0 Å². The molecule has 2 fully saturated rings. The third kappa shape index (κ3) is 3.61. The Bertz CT molecular complexity index is 751. The maximum absolute atomic E-state index is 11.8. The first kappa shape index (κ1) is 19.6. The Balaban J connectivity index is 2.50. The Kier molecular flexibility index (Phi) is 5.10. The van der Waals surface area contributed by atoms with Gasteiger partial charge in [-0.15, -0.1) is 0 Å². The van der Waals surface area contributed by atoms with Crippen LogP contribution < -0.4 is 10.6 Å². The second-order valence-corrected chi connectivity index (χ2v) is 9.15. The molecule has 0 heterocycles. The molecule has 12 heteroatoms. The van der Waals surface area contributed by atoms with Crippen molar-refractivity contribution in [3.63, 3.8) is 0 Å². The van der Waals surface area contributed by atoms with Gasteiger partial charge in [0.1, 0.15) is 10.5 Å². The number of fused-ring (bicyclic) bond motifs is 2. The SMILES string of the molecule is C=CC(=O)NC1C2CC(C(NC(=O)C=C)C2S(=O)(=O)O)C1S(=O)(=O)O. The van der Waals surface area contributed by atoms with Crippen LogP contribution in [0.4, 0.5) is 0 Å². The molecule has 0 radical (unpaired) electrons. The van der Waals surface area contributed by atoms with Gasteiger partial charge in [0.2, 0.25) is 11.8 Å². The maximum Gasteiger partial charge on any atom is 0.270 e. The lowest BCUT2D eigenvalue weighted by molar-refractivity contribution is -0.119. The zero-order chi connectivity index (χ0) is 19.2. The smallest absolute Gasteiger partial charge is 0.270 e. The Morgan fingerprint density at radius 1 is 0.840 bits per heavy atom. The van der Waals surface area contributed by atoms with E-state index in [0.717, 1.165) is 12.2 Å². The molecule has 2 bridgehead atoms. The van der Waals surface area contributed by atoms with Gasteiger partial charge in [0.15, 0.2) is 0 Å². The molecule has 4 N–H and O–H groups in total. The van der Waals surface area contributed by atoms with E-state index in [1.54, 1.807) is 0 Å². The minimum Gasteiger partial charge on any atom is -0.348 e. The molecule has 6 atom stereocenters. The van der Waals surface area contributed by atoms with Crippen molar-refractivity contribution in [2.24, 2.45) is 11.8 Å². The van der Waals surface area contributed by atoms with Crippen LogP contribution in [0.2, 0.25) is 0 Å². The number of nitrogens with one attached hydrogen (secondary N) is 2. The van der Waals surface area contributed by atoms with E-state index in [0.29, 0.717) is 0 Å². The lowest BCUT2D eigenvalue weighted by atomic mass is 9.89. The van der Waals surface area contributed by atoms with E-state index in [2.05, 4.69) is 23.8 Å². The summed E-state index contributed by atoms with van der Waals surface area (Å²) >= 11 is 0. The van der Waals surface area contributed by atoms with E-state index in [4.69, 9.17) is 0 Å². The van der Waals surface area contributed by atoms with Crippen LogP contribution in [0.15, 0.2) is 25.3 Å². The summed E-state index contributed by atoms with van der Waals surface area (Å²) in [4.78, 5) is 23.2. The average Bonchev–Trinajstić information content (AvgIpc) is 3.00. The van der Waals surface area contributed by atoms with Crippen LogP contribution in [0.1, 0.15) is 6.42 Å². The second kappa shape index (κ2) is 6.52. The number of rotatable bonds is 6. The highest BCUT2D eigenvalue weighted by atomic mass is 32.2. The van der Waals surface area contributed by atoms with Gasteiger partial charge in [0, 0.05) is 11.8 Å². The lowest BCUT2D eigenvalue weighted by Gasteiger charge is -2.38. The van der Waals surface area contributed by atoms with Gasteiger partial charge in [-0.05, 0) is 18.6 Å². The van der Waals surface area contributed by atoms with Gasteiger partial charge < -0.3 is 10.6 Å². The molecule has 0 saturated heterocycles. The summed E-state index contributed by atoms with van der Waals surface area (Å²) in [6, 6.07) is -2.51. The number of carbonyl (C=O) groups is 2. The number of carbonyl (C=O) groups excluding carboxylic acids is 2. The van der Waals surface area contributed by atoms with E-state index < -0.39 is 66.5 Å². The fourth-order valence-electron chi connectivity index (χ4n) is 3.94. The van der Waals surface area contributed by atoms with Gasteiger partial charge in [-0.1, -0.05) is 13.2 Å². The monoisotopic (exact) mass is 394 g/mol. The Labute approximate surface area is 144 Å². The second-order valence-electron chi connectivity index (χ2n) is 6.00. The Hall–Kier alpha value is -1.76. The van der Waals surface area contributed by atoms with Gasteiger partial charge in [0.05, 0.1) is 12.1 Å². The van der Waals surface area contributed by atoms with E-state index in [-0.39, 0.29) is 6.42 Å². The van der Waals surface area contributed by atoms with E-state index in [9.17, 15) is 35.5 Å². The molecule has 25 heavy (non-hydrogen) atoms. The van der Waals surface area contributed by atoms with Crippen molar-refractivity contribution >= 4 is 32.1 Å². The number of amides is 2. The van der Waals surface area contributed by atoms with E-state index in [1.165, 1.54) is 0 Å². The fraction of sp³-hybridized carbons (Fsp3) is 0.538. The molecule has 2 rings (SSSR count). The molecule has 0 aromatic carbocycles. The summed E-state index contributed by atoms with van der Waals surface area (Å²) in [7, 11) is -9.37. The molecule has 2 amide bonds. The highest BCUT2D eigenvalue weighted by Gasteiger charge is 2.65. The maximum atomic E-state index is 11.8. The number of hydrogen-bond donors (Lipinski definition) is 4. The average molecular weight is 394 g/mol. The van der Waals surface area contributed by atoms with Crippen molar-refractivity contribution in [2.45, 2.75) is 29.0 Å². The quantitative estimate of drug-likeness (QED) is 0.311. The molecular formula is C13H18N2O8S2. The third-order valence-electron chi connectivity index (χ3n) is 4.70. The van der Waals surface area contributed by atoms with Gasteiger partial charge in [-0.25, -0.2) is 0 Å². The van der Waals surface area contributed by atoms with Crippen LogP contribution in [0, 0.1) is 11.8 Å². The predicted octanol–water partition coefficient (Wildman–Crippen LogP) is -1.51. The summed E-state index contributed by atoms with van der Waals surface area (Å²) in [6.45, 7) is 6.45. The molecular weight excluding hydrogens is 376 g/mol. The third-order valence-corrected chi connectivity index (χ3v) is 7.36. The van der Waals surface area contributed by atoms with Crippen molar-refractivity contribution in [3.05, 3.63) is 25.3 Å². The fourth-order valence-corrected chi connectivity index (χ4v) is 6.67. The normalized spacial score (nSPS) is 34.3. The zero-order valence-electron chi connectivity index (χ0n) is 12.9. The molecule has 2 aliphatic carbocycles. The Morgan fingerprint density at radius 3 is 1.40 bits per heavy atom. The first-order valence-electron chi connectivity index (χ1n) is 7.20. The predicted molar refractivity (Wildman–Crippen MR) is 86.5 cm³/mol. The van der Waals surface area contributed by atoms with Crippen LogP contribution in [0.25, 0.3) is 0 Å². The molecule has 6 unspecified atom stereocenters. The van der Waals surface area contributed by atoms with Crippen molar-refractivity contribution in [1.82, 2.24) is 10.6 Å². The molecule has 10 nitrogen and oxygen atoms in total. The zero-order valence-corrected chi connectivity index (χ0v) is 14.5. The minimum atomic E-state index is -4.68. The van der Waals surface area contributed by atoms with Crippen LogP contribution in [0.5, 0.6) is 0 Å². The summed E-state index contributed by atoms with van der Waals surface area (Å²) in [6.07, 6.45) is 1.69. The topological polar surface area (TPSA) is 167 Å². The standard InChI is InChI=1S/C13H18N2O8S2/c1-3-8(16)14-10-6-5-7(12(10)24(18,19)20)11(15-9(17)4-2)13(6)25(21,22)23/h3-4,6-7,10-13H,1-2,5H2,(H,14,16)(H,15,17)(H,18,19,20)(H,21,22,23).